The van der Waals surface area contributed by atoms with Gasteiger partial charge in [0.15, 0.2) is 18.2 Å². The smallest absolute Gasteiger partial charge is 0.479 e. The number of ether oxygens (including phenoxy) is 3. The summed E-state index contributed by atoms with van der Waals surface area (Å²) in [5, 5.41) is 19.9. The molecule has 0 amide bonds. The average Bonchev–Trinajstić information content (AvgIpc) is 3.51. The standard InChI is InChI=1S/C30H42BFO8/c1-17-8-10-30-11-9-21(37-5)26(30)29(17,4)22(14-28(3,12-13-33)27(35)18(30)2)40-23(34)16-38-20-7-6-19-15-39-31(36)24(19)25(20)32/h6-7,17-18,21-22,26,33,36H,8-16H2,1-5H3/t17-,18-,21+,22+,26+,28+,29-,30-/m0/s1. The minimum Gasteiger partial charge on any atom is -0.479 e. The zero-order valence-electron chi connectivity index (χ0n) is 24.2. The molecular weight excluding hydrogens is 518 g/mol. The number of hydrogen-bond donors (Lipinski definition) is 2. The van der Waals surface area contributed by atoms with Gasteiger partial charge in [-0.1, -0.05) is 33.8 Å². The van der Waals surface area contributed by atoms with E-state index in [1.165, 1.54) is 6.07 Å². The maximum absolute atomic E-state index is 15.0. The molecule has 2 N–H and O–H groups in total. The predicted molar refractivity (Wildman–Crippen MR) is 145 cm³/mol. The highest BCUT2D eigenvalue weighted by atomic mass is 19.1. The van der Waals surface area contributed by atoms with E-state index >= 15 is 4.39 Å². The Bertz CT molecular complexity index is 1160. The molecule has 2 bridgehead atoms. The molecular formula is C30H42BFO8. The minimum atomic E-state index is -1.38. The normalized spacial score (nSPS) is 38.9. The zero-order chi connectivity index (χ0) is 29.0. The van der Waals surface area contributed by atoms with Crippen molar-refractivity contribution < 1.29 is 43.0 Å². The van der Waals surface area contributed by atoms with E-state index in [4.69, 9.17) is 18.9 Å². The van der Waals surface area contributed by atoms with Crippen LogP contribution in [0.2, 0.25) is 0 Å². The Morgan fingerprint density at radius 2 is 1.95 bits per heavy atom. The van der Waals surface area contributed by atoms with Crippen molar-refractivity contribution in [2.75, 3.05) is 20.3 Å². The SMILES string of the molecule is CO[C@@H]1CC[C@@]23CC[C@H](C)[C@@](C)([C@H](OC(=O)COc4ccc5c(c4F)B(O)OC5)C[C@@](C)(CCO)C(=O)[C@@H]2C)[C@@H]13. The van der Waals surface area contributed by atoms with Gasteiger partial charge in [-0.2, -0.15) is 0 Å². The van der Waals surface area contributed by atoms with Crippen LogP contribution in [0.1, 0.15) is 71.8 Å². The molecule has 40 heavy (non-hydrogen) atoms. The largest absolute Gasteiger partial charge is 0.494 e. The van der Waals surface area contributed by atoms with Gasteiger partial charge in [-0.05, 0) is 61.5 Å². The van der Waals surface area contributed by atoms with Gasteiger partial charge >= 0.3 is 13.1 Å². The topological polar surface area (TPSA) is 112 Å². The van der Waals surface area contributed by atoms with Gasteiger partial charge in [0.2, 0.25) is 0 Å². The number of Topliss-reactive ketones (excluding diaryl/α,β-unsaturated/α-hetero) is 1. The number of rotatable bonds is 7. The van der Waals surface area contributed by atoms with Crippen LogP contribution in [0.5, 0.6) is 5.75 Å². The van der Waals surface area contributed by atoms with E-state index in [0.29, 0.717) is 5.56 Å². The van der Waals surface area contributed by atoms with Crippen LogP contribution >= 0.6 is 0 Å². The number of aliphatic hydroxyl groups is 1. The van der Waals surface area contributed by atoms with Crippen LogP contribution < -0.4 is 10.2 Å². The predicted octanol–water partition coefficient (Wildman–Crippen LogP) is 3.18. The van der Waals surface area contributed by atoms with E-state index in [-0.39, 0.29) is 72.3 Å². The van der Waals surface area contributed by atoms with Crippen molar-refractivity contribution in [3.8, 4) is 5.75 Å². The summed E-state index contributed by atoms with van der Waals surface area (Å²) in [7, 11) is 0.342. The number of benzene rings is 1. The van der Waals surface area contributed by atoms with E-state index in [2.05, 4.69) is 13.8 Å². The summed E-state index contributed by atoms with van der Waals surface area (Å²) in [6.07, 6.45) is 3.41. The van der Waals surface area contributed by atoms with Crippen LogP contribution in [0.15, 0.2) is 12.1 Å². The van der Waals surface area contributed by atoms with Crippen molar-refractivity contribution in [3.63, 3.8) is 0 Å². The Morgan fingerprint density at radius 1 is 1.23 bits per heavy atom. The maximum atomic E-state index is 15.0. The highest BCUT2D eigenvalue weighted by molar-refractivity contribution is 6.61. The molecule has 0 unspecified atom stereocenters. The molecule has 8 atom stereocenters. The van der Waals surface area contributed by atoms with Gasteiger partial charge in [-0.15, -0.1) is 0 Å². The first-order valence-electron chi connectivity index (χ1n) is 14.5. The van der Waals surface area contributed by atoms with Crippen LogP contribution in [-0.2, 0) is 30.3 Å². The fourth-order valence-electron chi connectivity index (χ4n) is 8.83. The minimum absolute atomic E-state index is 0.0146. The quantitative estimate of drug-likeness (QED) is 0.387. The first-order chi connectivity index (χ1) is 18.9. The summed E-state index contributed by atoms with van der Waals surface area (Å²) in [6, 6.07) is 3.02. The van der Waals surface area contributed by atoms with Crippen LogP contribution in [0.3, 0.4) is 0 Å². The van der Waals surface area contributed by atoms with Crippen molar-refractivity contribution >= 4 is 24.3 Å². The number of ketones is 1. The summed E-state index contributed by atoms with van der Waals surface area (Å²) < 4.78 is 37.9. The second-order valence-corrected chi connectivity index (χ2v) is 13.0. The number of hydrogen-bond acceptors (Lipinski definition) is 8. The fourth-order valence-corrected chi connectivity index (χ4v) is 8.83. The lowest BCUT2D eigenvalue weighted by molar-refractivity contribution is -0.208. The Balaban J connectivity index is 1.46. The van der Waals surface area contributed by atoms with E-state index in [1.54, 1.807) is 13.2 Å². The number of carbonyl (C=O) groups excluding carboxylic acids is 2. The molecule has 0 spiro atoms. The molecule has 0 saturated heterocycles. The molecule has 4 aliphatic rings. The number of esters is 1. The van der Waals surface area contributed by atoms with Crippen molar-refractivity contribution in [1.82, 2.24) is 0 Å². The number of methoxy groups -OCH3 is 1. The molecule has 5 rings (SSSR count). The third kappa shape index (κ3) is 4.41. The lowest BCUT2D eigenvalue weighted by atomic mass is 9.43. The molecule has 3 aliphatic carbocycles. The lowest BCUT2D eigenvalue weighted by Gasteiger charge is -2.61. The molecule has 3 fully saturated rings. The van der Waals surface area contributed by atoms with Crippen molar-refractivity contribution in [3.05, 3.63) is 23.5 Å². The molecule has 3 saturated carbocycles. The van der Waals surface area contributed by atoms with Crippen molar-refractivity contribution in [2.45, 2.75) is 85.0 Å². The summed E-state index contributed by atoms with van der Waals surface area (Å²) in [4.78, 5) is 27.5. The zero-order valence-corrected chi connectivity index (χ0v) is 24.2. The summed E-state index contributed by atoms with van der Waals surface area (Å²) in [5.41, 5.74) is -1.08. The average molecular weight is 560 g/mol. The second kappa shape index (κ2) is 10.7. The van der Waals surface area contributed by atoms with Gasteiger partial charge in [-0.25, -0.2) is 9.18 Å². The highest BCUT2D eigenvalue weighted by Crippen LogP contribution is 2.68. The monoisotopic (exact) mass is 560 g/mol. The van der Waals surface area contributed by atoms with Crippen LogP contribution in [0, 0.1) is 39.8 Å². The molecule has 10 heteroatoms. The molecule has 220 valence electrons. The summed E-state index contributed by atoms with van der Waals surface area (Å²) in [5.74, 6) is -1.48. The van der Waals surface area contributed by atoms with Gasteiger partial charge in [0.1, 0.15) is 11.9 Å². The lowest BCUT2D eigenvalue weighted by Crippen LogP contribution is -2.63. The van der Waals surface area contributed by atoms with Crippen LogP contribution in [0.25, 0.3) is 0 Å². The highest BCUT2D eigenvalue weighted by Gasteiger charge is 2.68. The third-order valence-electron chi connectivity index (χ3n) is 11.3. The summed E-state index contributed by atoms with van der Waals surface area (Å²) >= 11 is 0. The van der Waals surface area contributed by atoms with Gasteiger partial charge in [0.25, 0.3) is 0 Å². The molecule has 8 nitrogen and oxygen atoms in total. The van der Waals surface area contributed by atoms with E-state index in [1.807, 2.05) is 13.8 Å². The number of fused-ring (bicyclic) bond motifs is 1. The molecule has 1 heterocycles. The Kier molecular flexibility index (Phi) is 7.87. The number of aliphatic hydroxyl groups excluding tert-OH is 1. The van der Waals surface area contributed by atoms with Gasteiger partial charge in [0, 0.05) is 41.8 Å². The van der Waals surface area contributed by atoms with Crippen molar-refractivity contribution in [1.29, 1.82) is 0 Å². The first kappa shape index (κ1) is 29.5. The van der Waals surface area contributed by atoms with Gasteiger partial charge in [-0.3, -0.25) is 4.79 Å². The Morgan fingerprint density at radius 3 is 2.65 bits per heavy atom. The molecule has 0 radical (unpaired) electrons. The van der Waals surface area contributed by atoms with Gasteiger partial charge in [0.05, 0.1) is 12.7 Å². The molecule has 1 aromatic rings. The molecule has 1 aromatic carbocycles. The second-order valence-electron chi connectivity index (χ2n) is 13.0. The maximum Gasteiger partial charge on any atom is 0.494 e. The third-order valence-corrected chi connectivity index (χ3v) is 11.3. The molecule has 1 aliphatic heterocycles. The van der Waals surface area contributed by atoms with Crippen molar-refractivity contribution in [2.24, 2.45) is 34.0 Å². The van der Waals surface area contributed by atoms with E-state index in [0.717, 1.165) is 25.7 Å². The molecule has 0 aromatic heterocycles. The number of carbonyl (C=O) groups is 2. The van der Waals surface area contributed by atoms with Gasteiger partial charge < -0.3 is 29.0 Å². The number of halogens is 1. The van der Waals surface area contributed by atoms with E-state index in [9.17, 15) is 19.7 Å². The first-order valence-corrected chi connectivity index (χ1v) is 14.5. The van der Waals surface area contributed by atoms with Crippen LogP contribution in [-0.4, -0.2) is 61.5 Å². The Labute approximate surface area is 236 Å². The fraction of sp³-hybridized carbons (Fsp3) is 0.733. The van der Waals surface area contributed by atoms with Crippen LogP contribution in [0.4, 0.5) is 4.39 Å². The van der Waals surface area contributed by atoms with E-state index < -0.39 is 42.4 Å². The summed E-state index contributed by atoms with van der Waals surface area (Å²) in [6.45, 7) is 7.73. The Hall–Kier alpha value is -2.01.